The van der Waals surface area contributed by atoms with Gasteiger partial charge in [-0.3, -0.25) is 15.0 Å². The molecule has 1 saturated heterocycles. The molecule has 0 bridgehead atoms. The van der Waals surface area contributed by atoms with Crippen molar-refractivity contribution >= 4 is 46.2 Å². The van der Waals surface area contributed by atoms with Gasteiger partial charge in [0.2, 0.25) is 0 Å². The molecule has 24 heavy (non-hydrogen) atoms. The number of rotatable bonds is 3. The molecule has 2 aromatic carbocycles. The van der Waals surface area contributed by atoms with Gasteiger partial charge in [-0.05, 0) is 36.5 Å². The van der Waals surface area contributed by atoms with Crippen LogP contribution >= 0.6 is 24.0 Å². The highest BCUT2D eigenvalue weighted by atomic mass is 32.2. The van der Waals surface area contributed by atoms with Crippen molar-refractivity contribution in [1.29, 1.82) is 0 Å². The first-order valence-electron chi connectivity index (χ1n) is 6.98. The van der Waals surface area contributed by atoms with Gasteiger partial charge in [0, 0.05) is 11.1 Å². The Morgan fingerprint density at radius 1 is 1.12 bits per heavy atom. The van der Waals surface area contributed by atoms with Gasteiger partial charge in [0.15, 0.2) is 4.32 Å². The number of phenols is 1. The lowest BCUT2D eigenvalue weighted by molar-refractivity contribution is -0.123. The number of carbonyl (C=O) groups is 2. The summed E-state index contributed by atoms with van der Waals surface area (Å²) in [5.74, 6) is -0.788. The Labute approximate surface area is 147 Å². The summed E-state index contributed by atoms with van der Waals surface area (Å²) >= 11 is 6.23. The van der Waals surface area contributed by atoms with E-state index in [1.54, 1.807) is 54.6 Å². The van der Waals surface area contributed by atoms with Crippen LogP contribution < -0.4 is 5.43 Å². The molecule has 0 aliphatic carbocycles. The Hall–Kier alpha value is -2.64. The SMILES string of the molecule is O=C(NN1C(=O)C(=Cc2ccccc2O)SC1=S)c1ccccc1. The second kappa shape index (κ2) is 6.86. The molecule has 1 aliphatic rings. The molecule has 3 rings (SSSR count). The smallest absolute Gasteiger partial charge is 0.285 e. The van der Waals surface area contributed by atoms with Gasteiger partial charge in [0.05, 0.1) is 4.91 Å². The number of thioether (sulfide) groups is 1. The van der Waals surface area contributed by atoms with E-state index in [-0.39, 0.29) is 10.1 Å². The first-order valence-corrected chi connectivity index (χ1v) is 8.21. The number of hydrogen-bond acceptors (Lipinski definition) is 5. The number of benzene rings is 2. The molecule has 0 atom stereocenters. The van der Waals surface area contributed by atoms with Gasteiger partial charge >= 0.3 is 0 Å². The molecule has 2 aromatic rings. The molecule has 120 valence electrons. The predicted molar refractivity (Wildman–Crippen MR) is 97.0 cm³/mol. The topological polar surface area (TPSA) is 69.6 Å². The monoisotopic (exact) mass is 356 g/mol. The Morgan fingerprint density at radius 3 is 2.50 bits per heavy atom. The molecular formula is C17H12N2O3S2. The summed E-state index contributed by atoms with van der Waals surface area (Å²) in [5.41, 5.74) is 3.44. The number of hydrogen-bond donors (Lipinski definition) is 2. The molecular weight excluding hydrogens is 344 g/mol. The van der Waals surface area contributed by atoms with Crippen LogP contribution in [0.4, 0.5) is 0 Å². The predicted octanol–water partition coefficient (Wildman–Crippen LogP) is 2.94. The van der Waals surface area contributed by atoms with Crippen molar-refractivity contribution in [1.82, 2.24) is 10.4 Å². The van der Waals surface area contributed by atoms with Crippen LogP contribution in [-0.2, 0) is 4.79 Å². The number of carbonyl (C=O) groups excluding carboxylic acids is 2. The Kier molecular flexibility index (Phi) is 4.64. The zero-order chi connectivity index (χ0) is 17.1. The van der Waals surface area contributed by atoms with Crippen LogP contribution in [0.3, 0.4) is 0 Å². The van der Waals surface area contributed by atoms with Gasteiger partial charge < -0.3 is 5.11 Å². The molecule has 2 N–H and O–H groups in total. The number of thiocarbonyl (C=S) groups is 1. The van der Waals surface area contributed by atoms with E-state index < -0.39 is 11.8 Å². The number of amides is 2. The zero-order valence-electron chi connectivity index (χ0n) is 12.3. The van der Waals surface area contributed by atoms with Crippen molar-refractivity contribution in [3.8, 4) is 5.75 Å². The number of aromatic hydroxyl groups is 1. The minimum Gasteiger partial charge on any atom is -0.507 e. The number of nitrogens with one attached hydrogen (secondary N) is 1. The lowest BCUT2D eigenvalue weighted by Crippen LogP contribution is -2.44. The molecule has 1 fully saturated rings. The molecule has 1 heterocycles. The van der Waals surface area contributed by atoms with Crippen molar-refractivity contribution in [2.45, 2.75) is 0 Å². The van der Waals surface area contributed by atoms with E-state index >= 15 is 0 Å². The summed E-state index contributed by atoms with van der Waals surface area (Å²) in [5, 5.41) is 10.8. The van der Waals surface area contributed by atoms with Gasteiger partial charge in [0.25, 0.3) is 11.8 Å². The van der Waals surface area contributed by atoms with Crippen LogP contribution in [0.1, 0.15) is 15.9 Å². The first kappa shape index (κ1) is 16.2. The van der Waals surface area contributed by atoms with Crippen LogP contribution in [0, 0.1) is 0 Å². The average Bonchev–Trinajstić information content (AvgIpc) is 2.85. The average molecular weight is 356 g/mol. The fraction of sp³-hybridized carbons (Fsp3) is 0. The Morgan fingerprint density at radius 2 is 1.79 bits per heavy atom. The highest BCUT2D eigenvalue weighted by Gasteiger charge is 2.33. The fourth-order valence-corrected chi connectivity index (χ4v) is 3.24. The highest BCUT2D eigenvalue weighted by molar-refractivity contribution is 8.26. The molecule has 0 unspecified atom stereocenters. The highest BCUT2D eigenvalue weighted by Crippen LogP contribution is 2.33. The quantitative estimate of drug-likeness (QED) is 0.654. The fourth-order valence-electron chi connectivity index (χ4n) is 2.07. The molecule has 1 aliphatic heterocycles. The van der Waals surface area contributed by atoms with E-state index in [1.165, 1.54) is 6.07 Å². The summed E-state index contributed by atoms with van der Waals surface area (Å²) in [7, 11) is 0. The normalized spacial score (nSPS) is 15.8. The second-order valence-corrected chi connectivity index (χ2v) is 6.56. The molecule has 0 spiro atoms. The molecule has 5 nitrogen and oxygen atoms in total. The number of hydrazine groups is 1. The summed E-state index contributed by atoms with van der Waals surface area (Å²) in [6, 6.07) is 15.2. The minimum absolute atomic E-state index is 0.0658. The van der Waals surface area contributed by atoms with Crippen LogP contribution in [0.25, 0.3) is 6.08 Å². The summed E-state index contributed by atoms with van der Waals surface area (Å²) in [6.45, 7) is 0. The largest absolute Gasteiger partial charge is 0.507 e. The van der Waals surface area contributed by atoms with E-state index in [1.807, 2.05) is 0 Å². The lowest BCUT2D eigenvalue weighted by Gasteiger charge is -2.15. The van der Waals surface area contributed by atoms with Crippen LogP contribution in [0.5, 0.6) is 5.75 Å². The molecule has 7 heteroatoms. The minimum atomic E-state index is -0.433. The third-order valence-electron chi connectivity index (χ3n) is 3.27. The molecule has 0 radical (unpaired) electrons. The molecule has 0 aromatic heterocycles. The maximum Gasteiger partial charge on any atom is 0.285 e. The van der Waals surface area contributed by atoms with E-state index in [2.05, 4.69) is 5.43 Å². The maximum absolute atomic E-state index is 12.5. The summed E-state index contributed by atoms with van der Waals surface area (Å²) in [4.78, 5) is 25.0. The van der Waals surface area contributed by atoms with Crippen molar-refractivity contribution in [2.75, 3.05) is 0 Å². The van der Waals surface area contributed by atoms with Gasteiger partial charge in [-0.15, -0.1) is 0 Å². The van der Waals surface area contributed by atoms with Gasteiger partial charge in [0.1, 0.15) is 5.75 Å². The third-order valence-corrected chi connectivity index (χ3v) is 4.57. The van der Waals surface area contributed by atoms with Crippen molar-refractivity contribution in [3.05, 3.63) is 70.6 Å². The summed E-state index contributed by atoms with van der Waals surface area (Å²) in [6.07, 6.45) is 1.54. The van der Waals surface area contributed by atoms with Gasteiger partial charge in [-0.1, -0.05) is 48.2 Å². The van der Waals surface area contributed by atoms with E-state index in [0.717, 1.165) is 16.8 Å². The van der Waals surface area contributed by atoms with Gasteiger partial charge in [-0.25, -0.2) is 0 Å². The van der Waals surface area contributed by atoms with E-state index in [9.17, 15) is 14.7 Å². The Bertz CT molecular complexity index is 850. The lowest BCUT2D eigenvalue weighted by atomic mass is 10.2. The third kappa shape index (κ3) is 3.32. The molecule has 0 saturated carbocycles. The standard InChI is InChI=1S/C17H12N2O3S2/c20-13-9-5-4-8-12(13)10-14-16(22)19(17(23)24-14)18-15(21)11-6-2-1-3-7-11/h1-10,20H,(H,18,21). The van der Waals surface area contributed by atoms with Crippen molar-refractivity contribution in [2.24, 2.45) is 0 Å². The van der Waals surface area contributed by atoms with Crippen LogP contribution in [0.2, 0.25) is 0 Å². The van der Waals surface area contributed by atoms with Crippen molar-refractivity contribution < 1.29 is 14.7 Å². The van der Waals surface area contributed by atoms with E-state index in [0.29, 0.717) is 16.0 Å². The summed E-state index contributed by atoms with van der Waals surface area (Å²) < 4.78 is 0.228. The second-order valence-electron chi connectivity index (χ2n) is 4.88. The first-order chi connectivity index (χ1) is 11.6. The zero-order valence-corrected chi connectivity index (χ0v) is 13.9. The Balaban J connectivity index is 1.80. The number of para-hydroxylation sites is 1. The van der Waals surface area contributed by atoms with Crippen LogP contribution in [-0.4, -0.2) is 26.3 Å². The number of nitrogens with zero attached hydrogens (tertiary/aromatic N) is 1. The number of phenolic OH excluding ortho intramolecular Hbond substituents is 1. The maximum atomic E-state index is 12.5. The van der Waals surface area contributed by atoms with Gasteiger partial charge in [-0.2, -0.15) is 5.01 Å². The molecule has 2 amide bonds. The van der Waals surface area contributed by atoms with Crippen LogP contribution in [0.15, 0.2) is 59.5 Å². The van der Waals surface area contributed by atoms with E-state index in [4.69, 9.17) is 12.2 Å². The van der Waals surface area contributed by atoms with Crippen molar-refractivity contribution in [3.63, 3.8) is 0 Å².